The Hall–Kier alpha value is -1.55. The summed E-state index contributed by atoms with van der Waals surface area (Å²) in [6.45, 7) is 7.54. The van der Waals surface area contributed by atoms with Gasteiger partial charge in [-0.3, -0.25) is 0 Å². The maximum atomic E-state index is 12.2. The lowest BCUT2D eigenvalue weighted by atomic mass is 10.1. The molecule has 1 aliphatic heterocycles. The zero-order valence-electron chi connectivity index (χ0n) is 12.6. The van der Waals surface area contributed by atoms with Crippen LogP contribution in [0.1, 0.15) is 33.6 Å². The van der Waals surface area contributed by atoms with Crippen LogP contribution in [-0.2, 0) is 4.74 Å². The van der Waals surface area contributed by atoms with E-state index in [1.807, 2.05) is 20.8 Å². The van der Waals surface area contributed by atoms with Crippen LogP contribution in [0.15, 0.2) is 34.9 Å². The van der Waals surface area contributed by atoms with Gasteiger partial charge in [-0.05, 0) is 44.8 Å². The molecule has 1 fully saturated rings. The van der Waals surface area contributed by atoms with Gasteiger partial charge in [0.2, 0.25) is 0 Å². The highest BCUT2D eigenvalue weighted by Gasteiger charge is 2.25. The van der Waals surface area contributed by atoms with E-state index in [-0.39, 0.29) is 6.09 Å². The quantitative estimate of drug-likeness (QED) is 0.801. The summed E-state index contributed by atoms with van der Waals surface area (Å²) in [7, 11) is 0. The molecule has 0 aromatic heterocycles. The number of likely N-dealkylation sites (tertiary alicyclic amines) is 1. The molecule has 1 amide bonds. The van der Waals surface area contributed by atoms with Crippen LogP contribution in [0, 0.1) is 0 Å². The van der Waals surface area contributed by atoms with E-state index >= 15 is 0 Å². The van der Waals surface area contributed by atoms with Gasteiger partial charge in [0.15, 0.2) is 0 Å². The molecule has 1 aliphatic carbocycles. The van der Waals surface area contributed by atoms with Crippen LogP contribution in [0.3, 0.4) is 0 Å². The van der Waals surface area contributed by atoms with Crippen LogP contribution >= 0.6 is 0 Å². The summed E-state index contributed by atoms with van der Waals surface area (Å²) in [6.07, 6.45) is 7.94. The van der Waals surface area contributed by atoms with E-state index in [0.717, 1.165) is 18.4 Å². The fourth-order valence-corrected chi connectivity index (χ4v) is 2.42. The summed E-state index contributed by atoms with van der Waals surface area (Å²) in [6, 6.07) is 0. The van der Waals surface area contributed by atoms with Gasteiger partial charge in [0.05, 0.1) is 0 Å². The van der Waals surface area contributed by atoms with Crippen LogP contribution in [0.4, 0.5) is 4.79 Å². The first-order valence-corrected chi connectivity index (χ1v) is 7.13. The molecule has 0 unspecified atom stereocenters. The van der Waals surface area contributed by atoms with E-state index in [0.29, 0.717) is 19.6 Å². The van der Waals surface area contributed by atoms with Gasteiger partial charge in [0.25, 0.3) is 0 Å². The first-order valence-electron chi connectivity index (χ1n) is 7.13. The van der Waals surface area contributed by atoms with Crippen molar-refractivity contribution < 1.29 is 9.53 Å². The molecule has 2 aliphatic rings. The van der Waals surface area contributed by atoms with Crippen LogP contribution in [-0.4, -0.2) is 36.2 Å². The Labute approximate surface area is 121 Å². The van der Waals surface area contributed by atoms with Gasteiger partial charge >= 0.3 is 6.09 Å². The molecule has 0 aromatic rings. The molecule has 0 aromatic carbocycles. The highest BCUT2D eigenvalue weighted by atomic mass is 16.6. The number of carbonyl (C=O) groups excluding carboxylic acids is 1. The number of carbonyl (C=O) groups is 1. The molecular weight excluding hydrogens is 252 g/mol. The molecule has 4 heteroatoms. The largest absolute Gasteiger partial charge is 0.444 e. The van der Waals surface area contributed by atoms with Gasteiger partial charge in [0, 0.05) is 19.6 Å². The number of hydrogen-bond donors (Lipinski definition) is 1. The average molecular weight is 276 g/mol. The highest BCUT2D eigenvalue weighted by molar-refractivity contribution is 5.69. The molecule has 1 saturated heterocycles. The predicted molar refractivity (Wildman–Crippen MR) is 80.3 cm³/mol. The number of nitrogens with two attached hydrogens (primary N) is 1. The SMILES string of the molecule is CC(C)(C)OC(=O)N1CCC2=CC=C(CN)C=C(C2)C1. The van der Waals surface area contributed by atoms with E-state index in [2.05, 4.69) is 18.2 Å². The minimum Gasteiger partial charge on any atom is -0.444 e. The Balaban J connectivity index is 2.14. The third kappa shape index (κ3) is 3.97. The number of fused-ring (bicyclic) bond motifs is 2. The monoisotopic (exact) mass is 276 g/mol. The minimum absolute atomic E-state index is 0.233. The number of rotatable bonds is 1. The molecule has 0 saturated carbocycles. The smallest absolute Gasteiger partial charge is 0.410 e. The lowest BCUT2D eigenvalue weighted by Gasteiger charge is -2.26. The molecule has 110 valence electrons. The number of ether oxygens (including phenoxy) is 1. The van der Waals surface area contributed by atoms with Crippen molar-refractivity contribution in [3.8, 4) is 0 Å². The minimum atomic E-state index is -0.453. The highest BCUT2D eigenvalue weighted by Crippen LogP contribution is 2.26. The van der Waals surface area contributed by atoms with Crippen molar-refractivity contribution in [1.29, 1.82) is 0 Å². The molecule has 0 radical (unpaired) electrons. The average Bonchev–Trinajstić information content (AvgIpc) is 2.67. The second kappa shape index (κ2) is 5.83. The Morgan fingerprint density at radius 2 is 2.10 bits per heavy atom. The van der Waals surface area contributed by atoms with Crippen molar-refractivity contribution in [2.45, 2.75) is 39.2 Å². The van der Waals surface area contributed by atoms with Gasteiger partial charge in [-0.2, -0.15) is 0 Å². The Kier molecular flexibility index (Phi) is 4.33. The summed E-state index contributed by atoms with van der Waals surface area (Å²) in [5, 5.41) is 0. The van der Waals surface area contributed by atoms with Gasteiger partial charge in [-0.1, -0.05) is 23.8 Å². The first-order chi connectivity index (χ1) is 9.37. The molecule has 2 rings (SSSR count). The predicted octanol–water partition coefficient (Wildman–Crippen LogP) is 2.77. The number of nitrogens with zero attached hydrogens (tertiary/aromatic N) is 1. The standard InChI is InChI=1S/C16H24N2O2/c1-16(2,3)20-15(19)18-7-6-12-4-5-13(10-17)9-14(8-12)11-18/h4-5,9H,6-8,10-11,17H2,1-3H3. The van der Waals surface area contributed by atoms with E-state index in [1.54, 1.807) is 4.90 Å². The topological polar surface area (TPSA) is 55.6 Å². The van der Waals surface area contributed by atoms with E-state index in [9.17, 15) is 4.79 Å². The lowest BCUT2D eigenvalue weighted by molar-refractivity contribution is 0.0273. The molecule has 4 nitrogen and oxygen atoms in total. The molecule has 2 N–H and O–H groups in total. The molecule has 1 heterocycles. The van der Waals surface area contributed by atoms with Crippen molar-refractivity contribution in [2.75, 3.05) is 19.6 Å². The number of amides is 1. The maximum Gasteiger partial charge on any atom is 0.410 e. The maximum absolute atomic E-state index is 12.2. The summed E-state index contributed by atoms with van der Waals surface area (Å²) < 4.78 is 5.47. The fourth-order valence-electron chi connectivity index (χ4n) is 2.42. The van der Waals surface area contributed by atoms with Gasteiger partial charge < -0.3 is 15.4 Å². The number of hydrogen-bond acceptors (Lipinski definition) is 3. The van der Waals surface area contributed by atoms with E-state index in [1.165, 1.54) is 11.1 Å². The zero-order chi connectivity index (χ0) is 14.8. The van der Waals surface area contributed by atoms with Gasteiger partial charge in [0.1, 0.15) is 5.60 Å². The van der Waals surface area contributed by atoms with Crippen molar-refractivity contribution in [3.63, 3.8) is 0 Å². The fraction of sp³-hybridized carbons (Fsp3) is 0.562. The molecule has 2 bridgehead atoms. The lowest BCUT2D eigenvalue weighted by Crippen LogP contribution is -2.37. The van der Waals surface area contributed by atoms with Crippen molar-refractivity contribution in [2.24, 2.45) is 5.73 Å². The molecule has 0 atom stereocenters. The molecule has 0 spiro atoms. The van der Waals surface area contributed by atoms with Crippen LogP contribution in [0.2, 0.25) is 0 Å². The van der Waals surface area contributed by atoms with Gasteiger partial charge in [-0.15, -0.1) is 0 Å². The first kappa shape index (κ1) is 14.9. The Morgan fingerprint density at radius 1 is 1.35 bits per heavy atom. The van der Waals surface area contributed by atoms with E-state index < -0.39 is 5.60 Å². The summed E-state index contributed by atoms with van der Waals surface area (Å²) in [5.74, 6) is 0. The Morgan fingerprint density at radius 3 is 2.75 bits per heavy atom. The normalized spacial score (nSPS) is 19.4. The third-order valence-corrected chi connectivity index (χ3v) is 3.36. The Bertz CT molecular complexity index is 481. The second-order valence-corrected chi connectivity index (χ2v) is 6.40. The van der Waals surface area contributed by atoms with Crippen LogP contribution < -0.4 is 5.73 Å². The van der Waals surface area contributed by atoms with Crippen LogP contribution in [0.5, 0.6) is 0 Å². The molecule has 20 heavy (non-hydrogen) atoms. The van der Waals surface area contributed by atoms with Crippen molar-refractivity contribution in [3.05, 3.63) is 34.9 Å². The van der Waals surface area contributed by atoms with Crippen molar-refractivity contribution >= 4 is 6.09 Å². The molecular formula is C16H24N2O2. The van der Waals surface area contributed by atoms with Crippen LogP contribution in [0.25, 0.3) is 0 Å². The second-order valence-electron chi connectivity index (χ2n) is 6.40. The van der Waals surface area contributed by atoms with Gasteiger partial charge in [-0.25, -0.2) is 4.79 Å². The zero-order valence-corrected chi connectivity index (χ0v) is 12.6. The number of allylic oxidation sites excluding steroid dienone is 2. The summed E-state index contributed by atoms with van der Waals surface area (Å²) in [5.41, 5.74) is 8.97. The summed E-state index contributed by atoms with van der Waals surface area (Å²) in [4.78, 5) is 14.0. The van der Waals surface area contributed by atoms with E-state index in [4.69, 9.17) is 10.5 Å². The third-order valence-electron chi connectivity index (χ3n) is 3.36. The van der Waals surface area contributed by atoms with Crippen molar-refractivity contribution in [1.82, 2.24) is 4.90 Å². The summed E-state index contributed by atoms with van der Waals surface area (Å²) >= 11 is 0.